The molecule has 1 aromatic carbocycles. The number of hydrogen-bond donors (Lipinski definition) is 1. The minimum atomic E-state index is 0.0225. The van der Waals surface area contributed by atoms with Gasteiger partial charge in [-0.05, 0) is 13.0 Å². The van der Waals surface area contributed by atoms with Crippen molar-refractivity contribution in [2.75, 3.05) is 25.5 Å². The number of aromatic nitrogens is 2. The van der Waals surface area contributed by atoms with Gasteiger partial charge in [-0.1, -0.05) is 18.2 Å². The van der Waals surface area contributed by atoms with Crippen LogP contribution in [0, 0.1) is 0 Å². The van der Waals surface area contributed by atoms with Gasteiger partial charge >= 0.3 is 0 Å². The molecule has 1 amide bonds. The third-order valence-electron chi connectivity index (χ3n) is 2.79. The summed E-state index contributed by atoms with van der Waals surface area (Å²) >= 11 is 0. The fraction of sp³-hybridized carbons (Fsp3) is 0.308. The Bertz CT molecular complexity index is 555. The lowest BCUT2D eigenvalue weighted by Crippen LogP contribution is -2.32. The number of rotatable bonds is 4. The van der Waals surface area contributed by atoms with Gasteiger partial charge in [-0.3, -0.25) is 4.79 Å². The number of para-hydroxylation sites is 1. The van der Waals surface area contributed by atoms with Crippen LogP contribution in [-0.2, 0) is 4.79 Å². The molecule has 5 heteroatoms. The van der Waals surface area contributed by atoms with Gasteiger partial charge in [0.25, 0.3) is 0 Å². The van der Waals surface area contributed by atoms with E-state index in [1.807, 2.05) is 31.2 Å². The summed E-state index contributed by atoms with van der Waals surface area (Å²) in [6.07, 6.45) is 1.75. The highest BCUT2D eigenvalue weighted by atomic mass is 16.2. The highest BCUT2D eigenvalue weighted by Gasteiger charge is 2.07. The van der Waals surface area contributed by atoms with Crippen molar-refractivity contribution in [3.63, 3.8) is 0 Å². The number of anilines is 1. The first-order valence-corrected chi connectivity index (χ1v) is 5.90. The van der Waals surface area contributed by atoms with E-state index in [0.29, 0.717) is 12.5 Å². The second-order valence-electron chi connectivity index (χ2n) is 4.01. The molecule has 0 radical (unpaired) electrons. The Morgan fingerprint density at radius 3 is 2.94 bits per heavy atom. The van der Waals surface area contributed by atoms with Gasteiger partial charge in [-0.15, -0.1) is 0 Å². The molecule has 0 atom stereocenters. The molecule has 2 rings (SSSR count). The van der Waals surface area contributed by atoms with Crippen LogP contribution in [0.25, 0.3) is 10.9 Å². The summed E-state index contributed by atoms with van der Waals surface area (Å²) in [5, 5.41) is 3.92. The molecule has 0 saturated carbocycles. The van der Waals surface area contributed by atoms with Crippen molar-refractivity contribution < 1.29 is 4.79 Å². The largest absolute Gasteiger partial charge is 0.345 e. The predicted molar refractivity (Wildman–Crippen MR) is 71.3 cm³/mol. The maximum atomic E-state index is 11.6. The molecule has 1 N–H and O–H groups in total. The maximum absolute atomic E-state index is 11.6. The van der Waals surface area contributed by atoms with Crippen molar-refractivity contribution in [2.45, 2.75) is 6.92 Å². The van der Waals surface area contributed by atoms with E-state index < -0.39 is 0 Å². The SMILES string of the molecule is CCN(C)C(=O)CNc1ncc2ccccc2n1. The van der Waals surface area contributed by atoms with Crippen molar-refractivity contribution in [3.05, 3.63) is 30.5 Å². The number of fused-ring (bicyclic) bond motifs is 1. The molecule has 18 heavy (non-hydrogen) atoms. The normalized spacial score (nSPS) is 10.3. The van der Waals surface area contributed by atoms with E-state index in [-0.39, 0.29) is 12.5 Å². The van der Waals surface area contributed by atoms with Crippen LogP contribution in [0.2, 0.25) is 0 Å². The Kier molecular flexibility index (Phi) is 3.72. The van der Waals surface area contributed by atoms with Crippen molar-refractivity contribution in [1.29, 1.82) is 0 Å². The molecule has 0 saturated heterocycles. The van der Waals surface area contributed by atoms with Gasteiger partial charge in [0.15, 0.2) is 0 Å². The molecule has 0 fully saturated rings. The van der Waals surface area contributed by atoms with E-state index in [1.54, 1.807) is 18.1 Å². The molecule has 0 bridgehead atoms. The van der Waals surface area contributed by atoms with Gasteiger partial charge in [0.2, 0.25) is 11.9 Å². The van der Waals surface area contributed by atoms with Gasteiger partial charge < -0.3 is 10.2 Å². The highest BCUT2D eigenvalue weighted by molar-refractivity contribution is 5.81. The summed E-state index contributed by atoms with van der Waals surface area (Å²) in [4.78, 5) is 21.8. The van der Waals surface area contributed by atoms with Crippen LogP contribution in [0.5, 0.6) is 0 Å². The van der Waals surface area contributed by atoms with Crippen LogP contribution >= 0.6 is 0 Å². The first-order valence-electron chi connectivity index (χ1n) is 5.90. The van der Waals surface area contributed by atoms with Crippen molar-refractivity contribution in [2.24, 2.45) is 0 Å². The van der Waals surface area contributed by atoms with Crippen molar-refractivity contribution in [3.8, 4) is 0 Å². The van der Waals surface area contributed by atoms with Crippen LogP contribution in [0.4, 0.5) is 5.95 Å². The molecule has 5 nitrogen and oxygen atoms in total. The standard InChI is InChI=1S/C13H16N4O/c1-3-17(2)12(18)9-15-13-14-8-10-6-4-5-7-11(10)16-13/h4-8H,3,9H2,1-2H3,(H,14,15,16). The van der Waals surface area contributed by atoms with Crippen molar-refractivity contribution >= 4 is 22.8 Å². The quantitative estimate of drug-likeness (QED) is 0.886. The fourth-order valence-corrected chi connectivity index (χ4v) is 1.52. The topological polar surface area (TPSA) is 58.1 Å². The van der Waals surface area contributed by atoms with Gasteiger partial charge in [0.1, 0.15) is 0 Å². The first-order chi connectivity index (χ1) is 8.70. The molecule has 0 unspecified atom stereocenters. The summed E-state index contributed by atoms with van der Waals surface area (Å²) < 4.78 is 0. The summed E-state index contributed by atoms with van der Waals surface area (Å²) in [5.74, 6) is 0.501. The van der Waals surface area contributed by atoms with Gasteiger partial charge in [0.05, 0.1) is 12.1 Å². The fourth-order valence-electron chi connectivity index (χ4n) is 1.52. The number of benzene rings is 1. The van der Waals surface area contributed by atoms with Crippen LogP contribution in [-0.4, -0.2) is 40.9 Å². The molecule has 94 valence electrons. The number of carbonyl (C=O) groups is 1. The summed E-state index contributed by atoms with van der Waals surface area (Å²) in [6, 6.07) is 7.74. The summed E-state index contributed by atoms with van der Waals surface area (Å²) in [5.41, 5.74) is 0.867. The number of carbonyl (C=O) groups excluding carboxylic acids is 1. The number of nitrogens with one attached hydrogen (secondary N) is 1. The summed E-state index contributed by atoms with van der Waals surface area (Å²) in [7, 11) is 1.77. The van der Waals surface area contributed by atoms with E-state index in [1.165, 1.54) is 0 Å². The molecular weight excluding hydrogens is 228 g/mol. The zero-order chi connectivity index (χ0) is 13.0. The molecular formula is C13H16N4O. The number of amides is 1. The minimum absolute atomic E-state index is 0.0225. The second kappa shape index (κ2) is 5.44. The predicted octanol–water partition coefficient (Wildman–Crippen LogP) is 1.52. The first kappa shape index (κ1) is 12.3. The molecule has 1 aromatic heterocycles. The molecule has 2 aromatic rings. The average Bonchev–Trinajstić information content (AvgIpc) is 2.43. The number of nitrogens with zero attached hydrogens (tertiary/aromatic N) is 3. The lowest BCUT2D eigenvalue weighted by molar-refractivity contribution is -0.127. The lowest BCUT2D eigenvalue weighted by atomic mass is 10.2. The average molecular weight is 244 g/mol. The molecule has 0 aliphatic rings. The Morgan fingerprint density at radius 1 is 1.39 bits per heavy atom. The molecule has 0 aliphatic carbocycles. The van der Waals surface area contributed by atoms with E-state index in [4.69, 9.17) is 0 Å². The Hall–Kier alpha value is -2.17. The second-order valence-corrected chi connectivity index (χ2v) is 4.01. The minimum Gasteiger partial charge on any atom is -0.345 e. The lowest BCUT2D eigenvalue weighted by Gasteiger charge is -2.14. The number of hydrogen-bond acceptors (Lipinski definition) is 4. The molecule has 0 aliphatic heterocycles. The third kappa shape index (κ3) is 2.74. The van der Waals surface area contributed by atoms with Gasteiger partial charge in [0, 0.05) is 25.2 Å². The van der Waals surface area contributed by atoms with E-state index in [2.05, 4.69) is 15.3 Å². The summed E-state index contributed by atoms with van der Waals surface area (Å²) in [6.45, 7) is 2.84. The van der Waals surface area contributed by atoms with Crippen LogP contribution in [0.3, 0.4) is 0 Å². The Balaban J connectivity index is 2.06. The van der Waals surface area contributed by atoms with Crippen LogP contribution in [0.15, 0.2) is 30.5 Å². The zero-order valence-electron chi connectivity index (χ0n) is 10.6. The third-order valence-corrected chi connectivity index (χ3v) is 2.79. The molecule has 0 spiro atoms. The Morgan fingerprint density at radius 2 is 2.17 bits per heavy atom. The van der Waals surface area contributed by atoms with E-state index in [9.17, 15) is 4.79 Å². The van der Waals surface area contributed by atoms with Gasteiger partial charge in [-0.2, -0.15) is 0 Å². The number of likely N-dealkylation sites (N-methyl/N-ethyl adjacent to an activating group) is 1. The monoisotopic (exact) mass is 244 g/mol. The molecule has 1 heterocycles. The van der Waals surface area contributed by atoms with Crippen LogP contribution < -0.4 is 5.32 Å². The van der Waals surface area contributed by atoms with Gasteiger partial charge in [-0.25, -0.2) is 9.97 Å². The van der Waals surface area contributed by atoms with E-state index in [0.717, 1.165) is 10.9 Å². The van der Waals surface area contributed by atoms with E-state index >= 15 is 0 Å². The smallest absolute Gasteiger partial charge is 0.241 e. The zero-order valence-corrected chi connectivity index (χ0v) is 10.6. The maximum Gasteiger partial charge on any atom is 0.241 e. The van der Waals surface area contributed by atoms with Crippen molar-refractivity contribution in [1.82, 2.24) is 14.9 Å². The Labute approximate surface area is 106 Å². The highest BCUT2D eigenvalue weighted by Crippen LogP contribution is 2.11. The van der Waals surface area contributed by atoms with Crippen LogP contribution in [0.1, 0.15) is 6.92 Å².